The van der Waals surface area contributed by atoms with E-state index in [-0.39, 0.29) is 17.4 Å². The maximum atomic E-state index is 13.8. The smallest absolute Gasteiger partial charge is 0.243 e. The van der Waals surface area contributed by atoms with Gasteiger partial charge in [0.2, 0.25) is 11.8 Å². The first-order chi connectivity index (χ1) is 16.1. The van der Waals surface area contributed by atoms with Crippen LogP contribution in [0.3, 0.4) is 0 Å². The molecule has 1 aromatic heterocycles. The number of nitrogens with one attached hydrogen (secondary N) is 1. The minimum absolute atomic E-state index is 0.00283. The average molecular weight is 447 g/mol. The second-order valence-electron chi connectivity index (χ2n) is 11.1. The zero-order chi connectivity index (χ0) is 22.4. The number of hydrogen-bond acceptors (Lipinski definition) is 3. The van der Waals surface area contributed by atoms with Crippen LogP contribution in [0.2, 0.25) is 0 Å². The minimum atomic E-state index is -0.308. The van der Waals surface area contributed by atoms with Crippen LogP contribution >= 0.6 is 0 Å². The molecule has 4 saturated carbocycles. The second-order valence-corrected chi connectivity index (χ2v) is 11.1. The molecule has 0 radical (unpaired) electrons. The first-order valence-electron chi connectivity index (χ1n) is 12.7. The zero-order valence-corrected chi connectivity index (χ0v) is 19.3. The van der Waals surface area contributed by atoms with E-state index in [0.29, 0.717) is 19.0 Å². The molecule has 4 aliphatic carbocycles. The zero-order valence-electron chi connectivity index (χ0n) is 19.3. The third-order valence-corrected chi connectivity index (χ3v) is 8.67. The molecule has 0 spiro atoms. The maximum absolute atomic E-state index is 13.8. The predicted molar refractivity (Wildman–Crippen MR) is 125 cm³/mol. The fraction of sp³-hybridized carbons (Fsp3) is 0.593. The molecule has 2 aromatic rings. The van der Waals surface area contributed by atoms with Crippen molar-refractivity contribution in [1.82, 2.24) is 20.0 Å². The van der Waals surface area contributed by atoms with Crippen LogP contribution < -0.4 is 5.32 Å². The highest BCUT2D eigenvalue weighted by Crippen LogP contribution is 2.60. The monoisotopic (exact) mass is 446 g/mol. The van der Waals surface area contributed by atoms with Crippen molar-refractivity contribution in [3.05, 3.63) is 53.9 Å². The van der Waals surface area contributed by atoms with Gasteiger partial charge < -0.3 is 10.2 Å². The molecule has 1 N–H and O–H groups in total. The third-order valence-electron chi connectivity index (χ3n) is 8.67. The molecule has 1 saturated heterocycles. The van der Waals surface area contributed by atoms with Gasteiger partial charge in [-0.05, 0) is 86.3 Å². The molecule has 33 heavy (non-hydrogen) atoms. The summed E-state index contributed by atoms with van der Waals surface area (Å²) in [5.41, 5.74) is 2.06. The molecule has 1 atom stereocenters. The molecule has 6 heteroatoms. The standard InChI is InChI=1S/C27H34N4O2/c32-25(28-17-19-4-1-5-20(10-19)18-30-8-3-7-29-30)24-6-2-9-31(24)26(33)27-14-21-11-22(15-27)13-23(12-21)16-27/h1,3-5,7-8,10,21-24H,2,6,9,11-18H2,(H,28,32). The van der Waals surface area contributed by atoms with Crippen molar-refractivity contribution in [3.8, 4) is 0 Å². The Bertz CT molecular complexity index is 995. The van der Waals surface area contributed by atoms with Crippen molar-refractivity contribution in [2.45, 2.75) is 70.5 Å². The molecule has 5 fully saturated rings. The van der Waals surface area contributed by atoms with E-state index in [0.717, 1.165) is 67.5 Å². The lowest BCUT2D eigenvalue weighted by Crippen LogP contribution is -2.57. The summed E-state index contributed by atoms with van der Waals surface area (Å²) < 4.78 is 1.89. The molecular weight excluding hydrogens is 412 g/mol. The Morgan fingerprint density at radius 1 is 1.03 bits per heavy atom. The number of likely N-dealkylation sites (tertiary alicyclic amines) is 1. The molecule has 5 aliphatic rings. The van der Waals surface area contributed by atoms with E-state index in [1.807, 2.05) is 34.0 Å². The molecule has 1 aliphatic heterocycles. The van der Waals surface area contributed by atoms with Crippen LogP contribution in [0.25, 0.3) is 0 Å². The quantitative estimate of drug-likeness (QED) is 0.735. The van der Waals surface area contributed by atoms with Crippen LogP contribution in [-0.4, -0.2) is 39.1 Å². The van der Waals surface area contributed by atoms with E-state index in [4.69, 9.17) is 0 Å². The van der Waals surface area contributed by atoms with Crippen LogP contribution in [-0.2, 0) is 22.7 Å². The summed E-state index contributed by atoms with van der Waals surface area (Å²) in [5.74, 6) is 2.51. The molecule has 7 rings (SSSR count). The molecule has 1 unspecified atom stereocenters. The Hall–Kier alpha value is -2.63. The number of hydrogen-bond donors (Lipinski definition) is 1. The molecule has 6 nitrogen and oxygen atoms in total. The van der Waals surface area contributed by atoms with E-state index < -0.39 is 0 Å². The number of aromatic nitrogens is 2. The summed E-state index contributed by atoms with van der Waals surface area (Å²) in [6, 6.07) is 9.88. The van der Waals surface area contributed by atoms with E-state index in [1.165, 1.54) is 19.3 Å². The molecule has 2 amide bonds. The van der Waals surface area contributed by atoms with Crippen molar-refractivity contribution >= 4 is 11.8 Å². The fourth-order valence-electron chi connectivity index (χ4n) is 7.69. The number of carbonyl (C=O) groups is 2. The van der Waals surface area contributed by atoms with Crippen LogP contribution in [0.4, 0.5) is 0 Å². The van der Waals surface area contributed by atoms with Gasteiger partial charge in [0.25, 0.3) is 0 Å². The lowest BCUT2D eigenvalue weighted by Gasteiger charge is -2.56. The van der Waals surface area contributed by atoms with Gasteiger partial charge in [-0.3, -0.25) is 14.3 Å². The predicted octanol–water partition coefficient (Wildman–Crippen LogP) is 3.76. The van der Waals surface area contributed by atoms with E-state index in [2.05, 4.69) is 22.5 Å². The number of nitrogens with zero attached hydrogens (tertiary/aromatic N) is 3. The van der Waals surface area contributed by atoms with Crippen molar-refractivity contribution < 1.29 is 9.59 Å². The third kappa shape index (κ3) is 3.98. The molecule has 174 valence electrons. The van der Waals surface area contributed by atoms with Gasteiger partial charge in [0.15, 0.2) is 0 Å². The van der Waals surface area contributed by atoms with Crippen molar-refractivity contribution in [1.29, 1.82) is 0 Å². The fourth-order valence-corrected chi connectivity index (χ4v) is 7.69. The largest absolute Gasteiger partial charge is 0.350 e. The van der Waals surface area contributed by atoms with E-state index in [9.17, 15) is 9.59 Å². The van der Waals surface area contributed by atoms with Gasteiger partial charge in [-0.15, -0.1) is 0 Å². The van der Waals surface area contributed by atoms with Crippen LogP contribution in [0.15, 0.2) is 42.7 Å². The Labute approximate surface area is 195 Å². The van der Waals surface area contributed by atoms with E-state index >= 15 is 0 Å². The number of amides is 2. The molecule has 4 bridgehead atoms. The molecule has 1 aromatic carbocycles. The van der Waals surface area contributed by atoms with Gasteiger partial charge in [0.05, 0.1) is 12.0 Å². The maximum Gasteiger partial charge on any atom is 0.243 e. The first-order valence-corrected chi connectivity index (χ1v) is 12.7. The summed E-state index contributed by atoms with van der Waals surface area (Å²) >= 11 is 0. The highest BCUT2D eigenvalue weighted by Gasteiger charge is 2.56. The first kappa shape index (κ1) is 20.9. The van der Waals surface area contributed by atoms with Gasteiger partial charge in [-0.2, -0.15) is 5.10 Å². The Kier molecular flexibility index (Phi) is 5.27. The Morgan fingerprint density at radius 3 is 2.45 bits per heavy atom. The van der Waals surface area contributed by atoms with Crippen LogP contribution in [0.1, 0.15) is 62.5 Å². The van der Waals surface area contributed by atoms with Crippen molar-refractivity contribution in [2.75, 3.05) is 6.54 Å². The SMILES string of the molecule is O=C(NCc1cccc(Cn2cccn2)c1)C1CCCN1C(=O)C12CC3CC(CC(C3)C1)C2. The average Bonchev–Trinajstić information content (AvgIpc) is 3.48. The van der Waals surface area contributed by atoms with Crippen LogP contribution in [0.5, 0.6) is 0 Å². The summed E-state index contributed by atoms with van der Waals surface area (Å²) in [6.07, 6.45) is 12.6. The number of carbonyl (C=O) groups excluding carboxylic acids is 2. The summed E-state index contributed by atoms with van der Waals surface area (Å²) in [6.45, 7) is 1.93. The highest BCUT2D eigenvalue weighted by molar-refractivity contribution is 5.91. The number of rotatable bonds is 6. The molecular formula is C27H34N4O2. The topological polar surface area (TPSA) is 67.2 Å². The van der Waals surface area contributed by atoms with Crippen LogP contribution in [0, 0.1) is 23.2 Å². The van der Waals surface area contributed by atoms with Crippen molar-refractivity contribution in [3.63, 3.8) is 0 Å². The lowest BCUT2D eigenvalue weighted by atomic mass is 9.49. The summed E-state index contributed by atoms with van der Waals surface area (Å²) in [4.78, 5) is 29.0. The van der Waals surface area contributed by atoms with Crippen molar-refractivity contribution in [2.24, 2.45) is 23.2 Å². The summed E-state index contributed by atoms with van der Waals surface area (Å²) in [5, 5.41) is 7.40. The normalized spacial score (nSPS) is 32.3. The second kappa shape index (κ2) is 8.30. The van der Waals surface area contributed by atoms with Gasteiger partial charge in [0.1, 0.15) is 6.04 Å². The van der Waals surface area contributed by atoms with Gasteiger partial charge in [0, 0.05) is 25.5 Å². The van der Waals surface area contributed by atoms with Gasteiger partial charge in [-0.25, -0.2) is 0 Å². The molecule has 2 heterocycles. The lowest BCUT2D eigenvalue weighted by molar-refractivity contribution is -0.160. The van der Waals surface area contributed by atoms with E-state index in [1.54, 1.807) is 6.20 Å². The Balaban J connectivity index is 1.10. The van der Waals surface area contributed by atoms with Gasteiger partial charge >= 0.3 is 0 Å². The Morgan fingerprint density at radius 2 is 1.76 bits per heavy atom. The summed E-state index contributed by atoms with van der Waals surface area (Å²) in [7, 11) is 0. The highest BCUT2D eigenvalue weighted by atomic mass is 16.2. The van der Waals surface area contributed by atoms with Gasteiger partial charge in [-0.1, -0.05) is 24.3 Å². The number of benzene rings is 1. The minimum Gasteiger partial charge on any atom is -0.350 e.